The molecule has 0 N–H and O–H groups in total. The highest BCUT2D eigenvalue weighted by molar-refractivity contribution is 6.33. The second kappa shape index (κ2) is 7.53. The average Bonchev–Trinajstić information content (AvgIpc) is 3.24. The minimum Gasteiger partial charge on any atom is -0.467 e. The molecule has 7 nitrogen and oxygen atoms in total. The van der Waals surface area contributed by atoms with Crippen molar-refractivity contribution < 1.29 is 22.3 Å². The van der Waals surface area contributed by atoms with Crippen LogP contribution in [0.5, 0.6) is 0 Å². The predicted octanol–water partition coefficient (Wildman–Crippen LogP) is 3.47. The van der Waals surface area contributed by atoms with Crippen molar-refractivity contribution in [1.82, 2.24) is 14.8 Å². The number of morpholine rings is 1. The highest BCUT2D eigenvalue weighted by atomic mass is 35.5. The third-order valence-electron chi connectivity index (χ3n) is 4.46. The molecule has 11 heteroatoms. The van der Waals surface area contributed by atoms with Gasteiger partial charge in [0.2, 0.25) is 0 Å². The van der Waals surface area contributed by atoms with E-state index >= 15 is 0 Å². The van der Waals surface area contributed by atoms with Gasteiger partial charge in [0.25, 0.3) is 5.56 Å². The number of hydrogen-bond acceptors (Lipinski definition) is 6. The van der Waals surface area contributed by atoms with E-state index in [0.29, 0.717) is 37.3 Å². The standard InChI is InChI=1S/C18H14ClF3N4O3/c19-16-12(25-5-7-29-14(10-25)13-2-1-6-28-13)9-24-26(17(16)27)15-4-3-11(8-23-15)18(20,21)22/h1-4,6,8-9,14H,5,7,10H2. The zero-order chi connectivity index (χ0) is 20.6. The van der Waals surface area contributed by atoms with E-state index in [2.05, 4.69) is 10.1 Å². The number of anilines is 1. The zero-order valence-electron chi connectivity index (χ0n) is 14.8. The monoisotopic (exact) mass is 426 g/mol. The van der Waals surface area contributed by atoms with Crippen molar-refractivity contribution in [2.24, 2.45) is 0 Å². The number of alkyl halides is 3. The maximum absolute atomic E-state index is 12.7. The van der Waals surface area contributed by atoms with Crippen LogP contribution in [0.3, 0.4) is 0 Å². The van der Waals surface area contributed by atoms with Gasteiger partial charge in [0.1, 0.15) is 16.9 Å². The van der Waals surface area contributed by atoms with Gasteiger partial charge in [-0.25, -0.2) is 4.98 Å². The van der Waals surface area contributed by atoms with Crippen LogP contribution in [-0.2, 0) is 10.9 Å². The van der Waals surface area contributed by atoms with Crippen molar-refractivity contribution in [3.8, 4) is 5.82 Å². The topological polar surface area (TPSA) is 73.4 Å². The molecule has 1 atom stereocenters. The third kappa shape index (κ3) is 3.85. The molecule has 1 fully saturated rings. The van der Waals surface area contributed by atoms with E-state index < -0.39 is 17.3 Å². The largest absolute Gasteiger partial charge is 0.467 e. The third-order valence-corrected chi connectivity index (χ3v) is 4.82. The lowest BCUT2D eigenvalue weighted by molar-refractivity contribution is -0.137. The summed E-state index contributed by atoms with van der Waals surface area (Å²) in [4.78, 5) is 18.2. The first-order chi connectivity index (χ1) is 13.8. The summed E-state index contributed by atoms with van der Waals surface area (Å²) in [5.74, 6) is 0.591. The number of aromatic nitrogens is 3. The minimum absolute atomic E-state index is 0.0631. The van der Waals surface area contributed by atoms with Crippen molar-refractivity contribution in [3.63, 3.8) is 0 Å². The van der Waals surface area contributed by atoms with Crippen LogP contribution >= 0.6 is 11.6 Å². The molecule has 0 bridgehead atoms. The van der Waals surface area contributed by atoms with E-state index in [4.69, 9.17) is 20.8 Å². The van der Waals surface area contributed by atoms with Crippen LogP contribution in [0.4, 0.5) is 18.9 Å². The van der Waals surface area contributed by atoms with Crippen LogP contribution in [0.15, 0.2) is 52.1 Å². The lowest BCUT2D eigenvalue weighted by atomic mass is 10.2. The van der Waals surface area contributed by atoms with Gasteiger partial charge in [-0.15, -0.1) is 0 Å². The highest BCUT2D eigenvalue weighted by Gasteiger charge is 2.31. The number of halogens is 4. The number of nitrogens with zero attached hydrogens (tertiary/aromatic N) is 4. The molecular weight excluding hydrogens is 413 g/mol. The lowest BCUT2D eigenvalue weighted by Crippen LogP contribution is -2.39. The number of rotatable bonds is 3. The number of ether oxygens (including phenoxy) is 1. The molecule has 0 aromatic carbocycles. The molecule has 3 aromatic heterocycles. The molecule has 0 radical (unpaired) electrons. The Hall–Kier alpha value is -2.85. The second-order valence-electron chi connectivity index (χ2n) is 6.28. The maximum Gasteiger partial charge on any atom is 0.417 e. The molecule has 1 unspecified atom stereocenters. The number of hydrogen-bond donors (Lipinski definition) is 0. The van der Waals surface area contributed by atoms with Crippen molar-refractivity contribution in [2.45, 2.75) is 12.3 Å². The summed E-state index contributed by atoms with van der Waals surface area (Å²) < 4.78 is 50.0. The molecule has 29 heavy (non-hydrogen) atoms. The van der Waals surface area contributed by atoms with Crippen molar-refractivity contribution >= 4 is 17.3 Å². The first-order valence-electron chi connectivity index (χ1n) is 8.56. The molecule has 152 valence electrons. The molecule has 1 aliphatic rings. The van der Waals surface area contributed by atoms with Crippen LogP contribution in [0.1, 0.15) is 17.4 Å². The summed E-state index contributed by atoms with van der Waals surface area (Å²) in [5.41, 5.74) is -1.20. The molecular formula is C18H14ClF3N4O3. The van der Waals surface area contributed by atoms with Gasteiger partial charge in [0, 0.05) is 12.7 Å². The molecule has 0 saturated carbocycles. The number of furan rings is 1. The molecule has 0 aliphatic carbocycles. The van der Waals surface area contributed by atoms with E-state index in [9.17, 15) is 18.0 Å². The Morgan fingerprint density at radius 2 is 2.03 bits per heavy atom. The van der Waals surface area contributed by atoms with Gasteiger partial charge in [-0.2, -0.15) is 23.0 Å². The summed E-state index contributed by atoms with van der Waals surface area (Å²) in [7, 11) is 0. The van der Waals surface area contributed by atoms with Crippen molar-refractivity contribution in [2.75, 3.05) is 24.6 Å². The Bertz CT molecular complexity index is 1050. The van der Waals surface area contributed by atoms with Crippen molar-refractivity contribution in [3.05, 3.63) is 69.6 Å². The number of pyridine rings is 1. The van der Waals surface area contributed by atoms with Gasteiger partial charge in [0.05, 0.1) is 36.9 Å². The Kier molecular flexibility index (Phi) is 5.05. The molecule has 4 rings (SSSR count). The van der Waals surface area contributed by atoms with Gasteiger partial charge in [0.15, 0.2) is 5.82 Å². The Balaban J connectivity index is 1.61. The van der Waals surface area contributed by atoms with Gasteiger partial charge in [-0.3, -0.25) is 4.79 Å². The fraction of sp³-hybridized carbons (Fsp3) is 0.278. The highest BCUT2D eigenvalue weighted by Crippen LogP contribution is 2.30. The first-order valence-corrected chi connectivity index (χ1v) is 8.94. The molecule has 4 heterocycles. The smallest absolute Gasteiger partial charge is 0.417 e. The van der Waals surface area contributed by atoms with Crippen LogP contribution in [0.25, 0.3) is 5.82 Å². The lowest BCUT2D eigenvalue weighted by Gasteiger charge is -2.33. The van der Waals surface area contributed by atoms with E-state index in [1.807, 2.05) is 4.90 Å². The average molecular weight is 427 g/mol. The van der Waals surface area contributed by atoms with E-state index in [1.54, 1.807) is 18.4 Å². The van der Waals surface area contributed by atoms with Crippen LogP contribution in [0.2, 0.25) is 5.02 Å². The minimum atomic E-state index is -4.52. The second-order valence-corrected chi connectivity index (χ2v) is 6.66. The molecule has 3 aromatic rings. The van der Waals surface area contributed by atoms with Crippen LogP contribution < -0.4 is 10.5 Å². The Labute approximate surface area is 167 Å². The molecule has 0 amide bonds. The zero-order valence-corrected chi connectivity index (χ0v) is 15.5. The Morgan fingerprint density at radius 3 is 2.69 bits per heavy atom. The van der Waals surface area contributed by atoms with E-state index in [1.165, 1.54) is 6.20 Å². The molecule has 1 aliphatic heterocycles. The Morgan fingerprint density at radius 1 is 1.21 bits per heavy atom. The summed E-state index contributed by atoms with van der Waals surface area (Å²) in [6, 6.07) is 5.44. The van der Waals surface area contributed by atoms with Gasteiger partial charge >= 0.3 is 6.18 Å². The SMILES string of the molecule is O=c1c(Cl)c(N2CCOC(c3ccco3)C2)cnn1-c1ccc(C(F)(F)F)cn1. The molecule has 0 spiro atoms. The van der Waals surface area contributed by atoms with Gasteiger partial charge in [-0.1, -0.05) is 11.6 Å². The van der Waals surface area contributed by atoms with Crippen LogP contribution in [0, 0.1) is 0 Å². The summed E-state index contributed by atoms with van der Waals surface area (Å²) >= 11 is 6.27. The summed E-state index contributed by atoms with van der Waals surface area (Å²) in [5, 5.41) is 3.92. The first kappa shape index (κ1) is 19.5. The fourth-order valence-corrected chi connectivity index (χ4v) is 3.25. The maximum atomic E-state index is 12.7. The van der Waals surface area contributed by atoms with E-state index in [-0.39, 0.29) is 16.9 Å². The fourth-order valence-electron chi connectivity index (χ4n) is 3.00. The van der Waals surface area contributed by atoms with Gasteiger partial charge in [-0.05, 0) is 24.3 Å². The summed E-state index contributed by atoms with van der Waals surface area (Å²) in [6.07, 6.45) is -1.28. The van der Waals surface area contributed by atoms with Crippen molar-refractivity contribution in [1.29, 1.82) is 0 Å². The predicted molar refractivity (Wildman–Crippen MR) is 97.3 cm³/mol. The summed E-state index contributed by atoms with van der Waals surface area (Å²) in [6.45, 7) is 1.28. The molecule has 1 saturated heterocycles. The van der Waals surface area contributed by atoms with E-state index in [0.717, 1.165) is 16.8 Å². The van der Waals surface area contributed by atoms with Gasteiger partial charge < -0.3 is 14.1 Å². The normalized spacial score (nSPS) is 17.5. The quantitative estimate of drug-likeness (QED) is 0.638. The van der Waals surface area contributed by atoms with Crippen LogP contribution in [-0.4, -0.2) is 34.5 Å².